The summed E-state index contributed by atoms with van der Waals surface area (Å²) in [5.41, 5.74) is 0. The Morgan fingerprint density at radius 1 is 1.11 bits per heavy atom. The van der Waals surface area contributed by atoms with Crippen LogP contribution in [0.15, 0.2) is 0 Å². The molecule has 0 aromatic carbocycles. The van der Waals surface area contributed by atoms with Crippen LogP contribution < -0.4 is 0 Å². The lowest BCUT2D eigenvalue weighted by Gasteiger charge is -2.29. The highest BCUT2D eigenvalue weighted by Crippen LogP contribution is 2.35. The van der Waals surface area contributed by atoms with Crippen molar-refractivity contribution >= 4 is 17.9 Å². The van der Waals surface area contributed by atoms with Gasteiger partial charge in [0.1, 0.15) is 6.10 Å². The van der Waals surface area contributed by atoms with Crippen LogP contribution >= 0.6 is 0 Å². The summed E-state index contributed by atoms with van der Waals surface area (Å²) in [5.74, 6) is -1.69. The molecule has 2 aliphatic rings. The number of carbonyl (C=O) groups excluding carboxylic acids is 3. The summed E-state index contributed by atoms with van der Waals surface area (Å²) in [6.45, 7) is 2.61. The first kappa shape index (κ1) is 13.8. The number of rotatable bonds is 2. The number of hydrogen-bond acceptors (Lipinski definition) is 6. The van der Waals surface area contributed by atoms with Gasteiger partial charge < -0.3 is 14.2 Å². The average molecular weight is 270 g/mol. The smallest absolute Gasteiger partial charge is 0.313 e. The molecular weight excluding hydrogens is 252 g/mol. The Hall–Kier alpha value is -1.59. The Morgan fingerprint density at radius 2 is 1.74 bits per heavy atom. The van der Waals surface area contributed by atoms with E-state index in [4.69, 9.17) is 14.2 Å². The zero-order valence-electron chi connectivity index (χ0n) is 11.1. The number of carbonyl (C=O) groups is 3. The Morgan fingerprint density at radius 3 is 2.37 bits per heavy atom. The number of hydrogen-bond donors (Lipinski definition) is 0. The van der Waals surface area contributed by atoms with E-state index in [-0.39, 0.29) is 5.97 Å². The molecule has 6 heteroatoms. The predicted octanol–water partition coefficient (Wildman–Crippen LogP) is 0.965. The van der Waals surface area contributed by atoms with Crippen LogP contribution in [0.5, 0.6) is 0 Å². The number of fused-ring (bicyclic) bond motifs is 2. The summed E-state index contributed by atoms with van der Waals surface area (Å²) in [6.07, 6.45) is 1.08. The van der Waals surface area contributed by atoms with Gasteiger partial charge in [0, 0.05) is 13.8 Å². The van der Waals surface area contributed by atoms with Crippen LogP contribution in [-0.2, 0) is 28.6 Å². The van der Waals surface area contributed by atoms with Crippen LogP contribution in [0.1, 0.15) is 39.5 Å². The Kier molecular flexibility index (Phi) is 4.07. The quantitative estimate of drug-likeness (QED) is 0.549. The molecule has 0 aromatic rings. The van der Waals surface area contributed by atoms with Crippen molar-refractivity contribution in [1.82, 2.24) is 0 Å². The van der Waals surface area contributed by atoms with Gasteiger partial charge in [0.25, 0.3) is 0 Å². The van der Waals surface area contributed by atoms with Crippen LogP contribution in [0, 0.1) is 5.92 Å². The zero-order valence-corrected chi connectivity index (χ0v) is 11.1. The minimum atomic E-state index is -0.675. The molecule has 1 aliphatic carbocycles. The molecule has 0 spiro atoms. The van der Waals surface area contributed by atoms with E-state index >= 15 is 0 Å². The van der Waals surface area contributed by atoms with Gasteiger partial charge in [-0.05, 0) is 19.3 Å². The van der Waals surface area contributed by atoms with Crippen LogP contribution in [0.2, 0.25) is 0 Å². The van der Waals surface area contributed by atoms with Gasteiger partial charge in [0.15, 0.2) is 12.2 Å². The van der Waals surface area contributed by atoms with Gasteiger partial charge in [-0.15, -0.1) is 0 Å². The SMILES string of the molecule is CC(=O)O[C@H]1[C@H]2OC(=O)[C@@H]1CCCC[C@@H]2OC(C)=O. The van der Waals surface area contributed by atoms with Crippen molar-refractivity contribution < 1.29 is 28.6 Å². The maximum Gasteiger partial charge on any atom is 0.313 e. The van der Waals surface area contributed by atoms with Gasteiger partial charge in [-0.1, -0.05) is 6.42 Å². The second-order valence-electron chi connectivity index (χ2n) is 5.01. The van der Waals surface area contributed by atoms with Gasteiger partial charge in [-0.3, -0.25) is 14.4 Å². The monoisotopic (exact) mass is 270 g/mol. The molecule has 1 aliphatic heterocycles. The van der Waals surface area contributed by atoms with E-state index in [9.17, 15) is 14.4 Å². The maximum absolute atomic E-state index is 11.8. The lowest BCUT2D eigenvalue weighted by molar-refractivity contribution is -0.168. The normalized spacial score (nSPS) is 33.9. The van der Waals surface area contributed by atoms with Crippen LogP contribution in [0.4, 0.5) is 0 Å². The standard InChI is InChI=1S/C13H18O6/c1-7(14)17-10-6-4-3-5-9-11(18-8(2)15)12(10)19-13(9)16/h9-12H,3-6H2,1-2H3/t9-,10+,11-,12+/m1/s1. The fourth-order valence-electron chi connectivity index (χ4n) is 2.78. The molecule has 2 rings (SSSR count). The number of esters is 3. The van der Waals surface area contributed by atoms with Crippen LogP contribution in [0.25, 0.3) is 0 Å². The molecule has 0 radical (unpaired) electrons. The minimum Gasteiger partial charge on any atom is -0.458 e. The van der Waals surface area contributed by atoms with Crippen molar-refractivity contribution in [1.29, 1.82) is 0 Å². The Bertz CT molecular complexity index is 391. The highest BCUT2D eigenvalue weighted by molar-refractivity contribution is 5.77. The molecule has 6 nitrogen and oxygen atoms in total. The van der Waals surface area contributed by atoms with E-state index in [1.165, 1.54) is 13.8 Å². The van der Waals surface area contributed by atoms with E-state index in [0.29, 0.717) is 12.8 Å². The van der Waals surface area contributed by atoms with E-state index in [0.717, 1.165) is 12.8 Å². The summed E-state index contributed by atoms with van der Waals surface area (Å²) in [7, 11) is 0. The average Bonchev–Trinajstić information content (AvgIpc) is 2.61. The lowest BCUT2D eigenvalue weighted by Crippen LogP contribution is -2.42. The highest BCUT2D eigenvalue weighted by Gasteiger charge is 2.51. The van der Waals surface area contributed by atoms with Crippen molar-refractivity contribution in [2.45, 2.75) is 57.8 Å². The van der Waals surface area contributed by atoms with E-state index in [1.807, 2.05) is 0 Å². The van der Waals surface area contributed by atoms with Gasteiger partial charge in [0.05, 0.1) is 5.92 Å². The molecule has 0 unspecified atom stereocenters. The maximum atomic E-state index is 11.8. The molecular formula is C13H18O6. The molecule has 1 heterocycles. The molecule has 106 valence electrons. The van der Waals surface area contributed by atoms with Crippen molar-refractivity contribution in [3.05, 3.63) is 0 Å². The van der Waals surface area contributed by atoms with E-state index in [2.05, 4.69) is 0 Å². The molecule has 2 fully saturated rings. The van der Waals surface area contributed by atoms with Crippen molar-refractivity contribution in [3.63, 3.8) is 0 Å². The molecule has 1 saturated carbocycles. The second-order valence-corrected chi connectivity index (χ2v) is 5.01. The molecule has 19 heavy (non-hydrogen) atoms. The molecule has 0 aromatic heterocycles. The van der Waals surface area contributed by atoms with Crippen LogP contribution in [-0.4, -0.2) is 36.2 Å². The summed E-state index contributed by atoms with van der Waals surface area (Å²) in [6, 6.07) is 0. The fraction of sp³-hybridized carbons (Fsp3) is 0.769. The van der Waals surface area contributed by atoms with Crippen molar-refractivity contribution in [3.8, 4) is 0 Å². The summed E-state index contributed by atoms with van der Waals surface area (Å²) >= 11 is 0. The minimum absolute atomic E-state index is 0.365. The molecule has 0 N–H and O–H groups in total. The molecule has 4 atom stereocenters. The lowest BCUT2D eigenvalue weighted by atomic mass is 9.88. The third-order valence-corrected chi connectivity index (χ3v) is 3.51. The number of ether oxygens (including phenoxy) is 3. The van der Waals surface area contributed by atoms with E-state index in [1.54, 1.807) is 0 Å². The molecule has 2 bridgehead atoms. The van der Waals surface area contributed by atoms with Gasteiger partial charge in [0.2, 0.25) is 0 Å². The van der Waals surface area contributed by atoms with Crippen molar-refractivity contribution in [2.24, 2.45) is 5.92 Å². The fourth-order valence-corrected chi connectivity index (χ4v) is 2.78. The highest BCUT2D eigenvalue weighted by atomic mass is 16.6. The topological polar surface area (TPSA) is 78.9 Å². The molecule has 1 saturated heterocycles. The first-order chi connectivity index (χ1) is 8.99. The van der Waals surface area contributed by atoms with E-state index < -0.39 is 36.2 Å². The van der Waals surface area contributed by atoms with Crippen LogP contribution in [0.3, 0.4) is 0 Å². The van der Waals surface area contributed by atoms with Gasteiger partial charge >= 0.3 is 17.9 Å². The third-order valence-electron chi connectivity index (χ3n) is 3.51. The summed E-state index contributed by atoms with van der Waals surface area (Å²) in [5, 5.41) is 0. The first-order valence-electron chi connectivity index (χ1n) is 6.54. The first-order valence-corrected chi connectivity index (χ1v) is 6.54. The summed E-state index contributed by atoms with van der Waals surface area (Å²) in [4.78, 5) is 34.1. The Balaban J connectivity index is 2.21. The summed E-state index contributed by atoms with van der Waals surface area (Å²) < 4.78 is 15.7. The largest absolute Gasteiger partial charge is 0.458 e. The van der Waals surface area contributed by atoms with Gasteiger partial charge in [-0.2, -0.15) is 0 Å². The zero-order chi connectivity index (χ0) is 14.0. The predicted molar refractivity (Wildman–Crippen MR) is 62.9 cm³/mol. The second kappa shape index (κ2) is 5.59. The van der Waals surface area contributed by atoms with Crippen molar-refractivity contribution in [2.75, 3.05) is 0 Å². The molecule has 0 amide bonds. The third kappa shape index (κ3) is 3.05. The van der Waals surface area contributed by atoms with Gasteiger partial charge in [-0.25, -0.2) is 0 Å². The Labute approximate surface area is 111 Å².